The van der Waals surface area contributed by atoms with E-state index in [4.69, 9.17) is 4.74 Å². The number of benzene rings is 1. The van der Waals surface area contributed by atoms with Crippen molar-refractivity contribution in [2.45, 2.75) is 43.4 Å². The van der Waals surface area contributed by atoms with Gasteiger partial charge >= 0.3 is 12.1 Å². The quantitative estimate of drug-likeness (QED) is 0.802. The lowest BCUT2D eigenvalue weighted by Crippen LogP contribution is -2.51. The number of ether oxygens (including phenoxy) is 2. The predicted octanol–water partition coefficient (Wildman–Crippen LogP) is 2.74. The average molecular weight is 325 g/mol. The summed E-state index contributed by atoms with van der Waals surface area (Å²) in [5.74, 6) is -3.92. The molecule has 2 aliphatic heterocycles. The summed E-state index contributed by atoms with van der Waals surface area (Å²) in [4.78, 5) is 25.3. The second-order valence-electron chi connectivity index (χ2n) is 5.93. The Hall–Kier alpha value is -2.18. The molecular weight excluding hydrogens is 308 g/mol. The largest absolute Gasteiger partial charge is 0.467 e. The molecule has 0 radical (unpaired) electrons. The minimum absolute atomic E-state index is 0.0360. The summed E-state index contributed by atoms with van der Waals surface area (Å²) in [6, 6.07) is 7.59. The van der Waals surface area contributed by atoms with Crippen LogP contribution in [0.15, 0.2) is 30.3 Å². The highest BCUT2D eigenvalue weighted by Crippen LogP contribution is 2.54. The zero-order chi connectivity index (χ0) is 16.7. The Morgan fingerprint density at radius 2 is 2.00 bits per heavy atom. The zero-order valence-corrected chi connectivity index (χ0v) is 12.6. The van der Waals surface area contributed by atoms with Gasteiger partial charge in [-0.2, -0.15) is 0 Å². The van der Waals surface area contributed by atoms with Gasteiger partial charge in [-0.15, -0.1) is 0 Å². The fourth-order valence-electron chi connectivity index (χ4n) is 3.56. The number of alkyl halides is 2. The second kappa shape index (κ2) is 5.47. The molecule has 5 nitrogen and oxygen atoms in total. The molecule has 2 heterocycles. The van der Waals surface area contributed by atoms with E-state index in [1.54, 1.807) is 24.3 Å². The molecule has 2 atom stereocenters. The van der Waals surface area contributed by atoms with E-state index in [1.807, 2.05) is 6.07 Å². The van der Waals surface area contributed by atoms with Crippen molar-refractivity contribution in [2.75, 3.05) is 7.11 Å². The lowest BCUT2D eigenvalue weighted by Gasteiger charge is -2.30. The molecule has 1 amide bonds. The van der Waals surface area contributed by atoms with Gasteiger partial charge in [0.1, 0.15) is 18.2 Å². The van der Waals surface area contributed by atoms with E-state index >= 15 is 0 Å². The molecule has 0 N–H and O–H groups in total. The van der Waals surface area contributed by atoms with E-state index in [0.29, 0.717) is 0 Å². The number of amides is 1. The van der Waals surface area contributed by atoms with Crippen LogP contribution in [-0.2, 0) is 20.9 Å². The Balaban J connectivity index is 1.79. The third kappa shape index (κ3) is 2.44. The number of nitrogens with zero attached hydrogens (tertiary/aromatic N) is 1. The van der Waals surface area contributed by atoms with Gasteiger partial charge in [0.2, 0.25) is 0 Å². The smallest absolute Gasteiger partial charge is 0.411 e. The van der Waals surface area contributed by atoms with Gasteiger partial charge < -0.3 is 9.47 Å². The fraction of sp³-hybridized carbons (Fsp3) is 0.500. The Bertz CT molecular complexity index is 622. The van der Waals surface area contributed by atoms with E-state index in [9.17, 15) is 18.4 Å². The third-order valence-electron chi connectivity index (χ3n) is 4.59. The van der Waals surface area contributed by atoms with Crippen LogP contribution in [0.25, 0.3) is 0 Å². The van der Waals surface area contributed by atoms with Crippen molar-refractivity contribution in [3.05, 3.63) is 35.9 Å². The molecule has 1 aromatic carbocycles. The molecule has 2 fully saturated rings. The molecule has 3 rings (SSSR count). The summed E-state index contributed by atoms with van der Waals surface area (Å²) in [6.45, 7) is -0.0360. The number of halogens is 2. The maximum absolute atomic E-state index is 14.1. The van der Waals surface area contributed by atoms with Gasteiger partial charge in [0.25, 0.3) is 5.92 Å². The van der Waals surface area contributed by atoms with Crippen LogP contribution in [0.4, 0.5) is 13.6 Å². The lowest BCUT2D eigenvalue weighted by atomic mass is 9.85. The standard InChI is InChI=1S/C16H17F2NO4/c1-22-13(20)15-8-7-12(16(17,18)10-15)19(15)14(21)23-9-11-5-3-2-4-6-11/h2-6,12H,7-10H2,1H3. The highest BCUT2D eigenvalue weighted by Gasteiger charge is 2.71. The summed E-state index contributed by atoms with van der Waals surface area (Å²) in [5, 5.41) is 0. The molecule has 124 valence electrons. The lowest BCUT2D eigenvalue weighted by molar-refractivity contribution is -0.152. The second-order valence-corrected chi connectivity index (χ2v) is 5.93. The van der Waals surface area contributed by atoms with Crippen LogP contribution in [0, 0.1) is 0 Å². The molecule has 2 unspecified atom stereocenters. The minimum Gasteiger partial charge on any atom is -0.467 e. The molecule has 1 aromatic rings. The van der Waals surface area contributed by atoms with E-state index in [1.165, 1.54) is 0 Å². The van der Waals surface area contributed by atoms with Crippen LogP contribution >= 0.6 is 0 Å². The number of esters is 1. The average Bonchev–Trinajstić information content (AvgIpc) is 3.03. The molecule has 2 aliphatic rings. The molecule has 7 heteroatoms. The first-order valence-corrected chi connectivity index (χ1v) is 7.37. The van der Waals surface area contributed by atoms with E-state index < -0.39 is 36.0 Å². The van der Waals surface area contributed by atoms with Crippen LogP contribution in [0.1, 0.15) is 24.8 Å². The van der Waals surface area contributed by atoms with Crippen LogP contribution < -0.4 is 0 Å². The molecule has 0 aromatic heterocycles. The number of carbonyl (C=O) groups is 2. The monoisotopic (exact) mass is 325 g/mol. The van der Waals surface area contributed by atoms with E-state index in [2.05, 4.69) is 4.74 Å². The first-order valence-electron chi connectivity index (χ1n) is 7.37. The van der Waals surface area contributed by atoms with Crippen LogP contribution in [0.3, 0.4) is 0 Å². The van der Waals surface area contributed by atoms with Gasteiger partial charge in [-0.05, 0) is 18.4 Å². The molecule has 2 saturated heterocycles. The zero-order valence-electron chi connectivity index (χ0n) is 12.6. The number of rotatable bonds is 3. The number of hydrogen-bond acceptors (Lipinski definition) is 4. The Kier molecular flexibility index (Phi) is 3.74. The fourth-order valence-corrected chi connectivity index (χ4v) is 3.56. The third-order valence-corrected chi connectivity index (χ3v) is 4.59. The molecular formula is C16H17F2NO4. The van der Waals surface area contributed by atoms with E-state index in [0.717, 1.165) is 17.6 Å². The highest BCUT2D eigenvalue weighted by molar-refractivity contribution is 5.88. The molecule has 0 saturated carbocycles. The number of hydrogen-bond donors (Lipinski definition) is 0. The van der Waals surface area contributed by atoms with Gasteiger partial charge in [0, 0.05) is 6.42 Å². The Labute approximate surface area is 132 Å². The van der Waals surface area contributed by atoms with Crippen LogP contribution in [0.2, 0.25) is 0 Å². The summed E-state index contributed by atoms with van der Waals surface area (Å²) >= 11 is 0. The van der Waals surface area contributed by atoms with Crippen LogP contribution in [0.5, 0.6) is 0 Å². The van der Waals surface area contributed by atoms with Gasteiger partial charge in [0.15, 0.2) is 0 Å². The molecule has 0 spiro atoms. The van der Waals surface area contributed by atoms with Gasteiger partial charge in [-0.1, -0.05) is 30.3 Å². The molecule has 0 aliphatic carbocycles. The van der Waals surface area contributed by atoms with Crippen molar-refractivity contribution < 1.29 is 27.8 Å². The van der Waals surface area contributed by atoms with Crippen molar-refractivity contribution >= 4 is 12.1 Å². The maximum atomic E-state index is 14.1. The summed E-state index contributed by atoms with van der Waals surface area (Å²) in [6.07, 6.45) is -1.39. The normalized spacial score (nSPS) is 27.8. The molecule has 23 heavy (non-hydrogen) atoms. The number of fused-ring (bicyclic) bond motifs is 2. The van der Waals surface area contributed by atoms with Crippen molar-refractivity contribution in [3.8, 4) is 0 Å². The predicted molar refractivity (Wildman–Crippen MR) is 75.8 cm³/mol. The van der Waals surface area contributed by atoms with Gasteiger partial charge in [-0.25, -0.2) is 18.4 Å². The highest BCUT2D eigenvalue weighted by atomic mass is 19.3. The summed E-state index contributed by atoms with van der Waals surface area (Å²) < 4.78 is 38.0. The number of methoxy groups -OCH3 is 1. The summed E-state index contributed by atoms with van der Waals surface area (Å²) in [5.41, 5.74) is -0.872. The van der Waals surface area contributed by atoms with E-state index in [-0.39, 0.29) is 19.4 Å². The minimum atomic E-state index is -3.11. The topological polar surface area (TPSA) is 55.8 Å². The first-order chi connectivity index (χ1) is 10.9. The number of carbonyl (C=O) groups excluding carboxylic acids is 2. The van der Waals surface area contributed by atoms with Gasteiger partial charge in [-0.3, -0.25) is 4.90 Å². The van der Waals surface area contributed by atoms with Crippen molar-refractivity contribution in [3.63, 3.8) is 0 Å². The van der Waals surface area contributed by atoms with Gasteiger partial charge in [0.05, 0.1) is 7.11 Å². The van der Waals surface area contributed by atoms with Crippen molar-refractivity contribution in [2.24, 2.45) is 0 Å². The Morgan fingerprint density at radius 3 is 2.61 bits per heavy atom. The maximum Gasteiger partial charge on any atom is 0.411 e. The molecule has 2 bridgehead atoms. The van der Waals surface area contributed by atoms with Crippen molar-refractivity contribution in [1.29, 1.82) is 0 Å². The summed E-state index contributed by atoms with van der Waals surface area (Å²) in [7, 11) is 1.13. The SMILES string of the molecule is COC(=O)C12CCC(N1C(=O)OCc1ccccc1)C(F)(F)C2. The van der Waals surface area contributed by atoms with Crippen LogP contribution in [-0.4, -0.2) is 41.6 Å². The Morgan fingerprint density at radius 1 is 1.30 bits per heavy atom. The first kappa shape index (κ1) is 15.7. The van der Waals surface area contributed by atoms with Crippen molar-refractivity contribution in [1.82, 2.24) is 4.90 Å².